The summed E-state index contributed by atoms with van der Waals surface area (Å²) in [5.74, 6) is -0.202. The minimum Gasteiger partial charge on any atom is -0.507 e. The number of ketones is 1. The largest absolute Gasteiger partial charge is 0.507 e. The van der Waals surface area contributed by atoms with Crippen LogP contribution in [0, 0.1) is 0 Å². The lowest BCUT2D eigenvalue weighted by molar-refractivity contribution is 0.0511. The first kappa shape index (κ1) is 15.6. The zero-order valence-corrected chi connectivity index (χ0v) is 12.0. The van der Waals surface area contributed by atoms with Crippen LogP contribution in [0.4, 0.5) is 0 Å². The second-order valence-electron chi connectivity index (χ2n) is 4.49. The van der Waals surface area contributed by atoms with Crippen LogP contribution >= 0.6 is 0 Å². The minimum atomic E-state index is -0.477. The third-order valence-corrected chi connectivity index (χ3v) is 2.93. The average molecular weight is 300 g/mol. The van der Waals surface area contributed by atoms with Crippen LogP contribution in [0.2, 0.25) is 0 Å². The van der Waals surface area contributed by atoms with Crippen molar-refractivity contribution in [1.29, 1.82) is 0 Å². The zero-order chi connectivity index (χ0) is 15.9. The molecule has 0 bridgehead atoms. The number of carbonyl (C=O) groups excluding carboxylic acids is 1. The smallest absolute Gasteiger partial charge is 0.193 e. The highest BCUT2D eigenvalue weighted by atomic mass is 16.7. The third-order valence-electron chi connectivity index (χ3n) is 2.93. The molecule has 5 heteroatoms. The average Bonchev–Trinajstić information content (AvgIpc) is 2.53. The number of methoxy groups -OCH3 is 1. The molecule has 0 fully saturated rings. The van der Waals surface area contributed by atoms with Gasteiger partial charge in [-0.1, -0.05) is 12.1 Å². The summed E-state index contributed by atoms with van der Waals surface area (Å²) >= 11 is 0. The van der Waals surface area contributed by atoms with Crippen molar-refractivity contribution < 1.29 is 24.5 Å². The lowest BCUT2D eigenvalue weighted by atomic mass is 10.1. The van der Waals surface area contributed by atoms with Gasteiger partial charge in [0.15, 0.2) is 12.6 Å². The van der Waals surface area contributed by atoms with Gasteiger partial charge in [-0.2, -0.15) is 0 Å². The maximum atomic E-state index is 12.0. The fraction of sp³-hybridized carbons (Fsp3) is 0.118. The monoisotopic (exact) mass is 300 g/mol. The van der Waals surface area contributed by atoms with Gasteiger partial charge in [-0.05, 0) is 36.4 Å². The number of aliphatic hydroxyl groups excluding tert-OH is 1. The van der Waals surface area contributed by atoms with Crippen LogP contribution in [0.25, 0.3) is 5.76 Å². The Morgan fingerprint density at radius 1 is 1.14 bits per heavy atom. The molecule has 2 rings (SSSR count). The number of phenols is 1. The number of para-hydroxylation sites is 1. The fourth-order valence-electron chi connectivity index (χ4n) is 1.82. The van der Waals surface area contributed by atoms with E-state index in [1.807, 2.05) is 0 Å². The molecule has 0 saturated heterocycles. The number of hydrogen-bond acceptors (Lipinski definition) is 5. The van der Waals surface area contributed by atoms with Crippen LogP contribution < -0.4 is 4.74 Å². The molecule has 114 valence electrons. The molecule has 0 aromatic heterocycles. The summed E-state index contributed by atoms with van der Waals surface area (Å²) < 4.78 is 10.0. The Morgan fingerprint density at radius 2 is 1.82 bits per heavy atom. The van der Waals surface area contributed by atoms with E-state index < -0.39 is 5.78 Å². The maximum Gasteiger partial charge on any atom is 0.193 e. The number of ether oxygens (including phenoxy) is 2. The first-order valence-electron chi connectivity index (χ1n) is 6.57. The first-order valence-corrected chi connectivity index (χ1v) is 6.57. The van der Waals surface area contributed by atoms with Crippen molar-refractivity contribution in [2.45, 2.75) is 0 Å². The van der Waals surface area contributed by atoms with Crippen molar-refractivity contribution >= 4 is 11.5 Å². The number of aromatic hydroxyl groups is 1. The molecule has 0 aliphatic rings. The summed E-state index contributed by atoms with van der Waals surface area (Å²) in [4.78, 5) is 12.0. The van der Waals surface area contributed by atoms with Crippen molar-refractivity contribution in [2.75, 3.05) is 13.9 Å². The number of allylic oxidation sites excluding steroid dienone is 1. The summed E-state index contributed by atoms with van der Waals surface area (Å²) in [6.07, 6.45) is 1.07. The van der Waals surface area contributed by atoms with Crippen molar-refractivity contribution in [3.05, 3.63) is 65.7 Å². The van der Waals surface area contributed by atoms with Gasteiger partial charge in [0, 0.05) is 18.7 Å². The minimum absolute atomic E-state index is 0.125. The van der Waals surface area contributed by atoms with Gasteiger partial charge in [0.1, 0.15) is 17.3 Å². The molecule has 0 aliphatic heterocycles. The van der Waals surface area contributed by atoms with Gasteiger partial charge in [-0.25, -0.2) is 0 Å². The van der Waals surface area contributed by atoms with E-state index in [9.17, 15) is 15.0 Å². The van der Waals surface area contributed by atoms with Gasteiger partial charge < -0.3 is 19.7 Å². The Kier molecular flexibility index (Phi) is 5.16. The van der Waals surface area contributed by atoms with Crippen molar-refractivity contribution in [2.24, 2.45) is 0 Å². The summed E-state index contributed by atoms with van der Waals surface area (Å²) in [5.41, 5.74) is 0.600. The van der Waals surface area contributed by atoms with Crippen LogP contribution in [0.5, 0.6) is 11.5 Å². The molecule has 5 nitrogen and oxygen atoms in total. The summed E-state index contributed by atoms with van der Waals surface area (Å²) in [5, 5.41) is 19.6. The highest BCUT2D eigenvalue weighted by molar-refractivity contribution is 6.09. The fourth-order valence-corrected chi connectivity index (χ4v) is 1.82. The number of carbonyl (C=O) groups is 1. The van der Waals surface area contributed by atoms with Crippen molar-refractivity contribution in [1.82, 2.24) is 0 Å². The van der Waals surface area contributed by atoms with E-state index in [0.717, 1.165) is 6.08 Å². The number of phenolic OH excluding ortho intramolecular Hbond substituents is 1. The number of benzene rings is 2. The quantitative estimate of drug-likeness (QED) is 0.371. The predicted molar refractivity (Wildman–Crippen MR) is 82.0 cm³/mol. The Morgan fingerprint density at radius 3 is 2.45 bits per heavy atom. The normalized spacial score (nSPS) is 11.2. The Hall–Kier alpha value is -2.79. The van der Waals surface area contributed by atoms with Crippen LogP contribution in [0.1, 0.15) is 15.9 Å². The number of rotatable bonds is 6. The Bertz CT molecular complexity index is 674. The Balaban J connectivity index is 2.15. The molecule has 0 radical (unpaired) electrons. The second kappa shape index (κ2) is 7.28. The molecule has 2 aromatic carbocycles. The molecule has 0 amide bonds. The summed E-state index contributed by atoms with van der Waals surface area (Å²) in [7, 11) is 1.52. The molecule has 0 atom stereocenters. The van der Waals surface area contributed by atoms with Crippen molar-refractivity contribution in [3.63, 3.8) is 0 Å². The van der Waals surface area contributed by atoms with E-state index in [4.69, 9.17) is 9.47 Å². The van der Waals surface area contributed by atoms with Gasteiger partial charge >= 0.3 is 0 Å². The molecule has 2 N–H and O–H groups in total. The molecule has 0 aliphatic carbocycles. The highest BCUT2D eigenvalue weighted by Gasteiger charge is 2.10. The van der Waals surface area contributed by atoms with Crippen LogP contribution in [0.15, 0.2) is 54.6 Å². The van der Waals surface area contributed by atoms with E-state index in [1.54, 1.807) is 36.4 Å². The lowest BCUT2D eigenvalue weighted by Crippen LogP contribution is -1.99. The molecule has 22 heavy (non-hydrogen) atoms. The molecule has 0 heterocycles. The van der Waals surface area contributed by atoms with Crippen LogP contribution in [0.3, 0.4) is 0 Å². The predicted octanol–water partition coefficient (Wildman–Crippen LogP) is 3.16. The topological polar surface area (TPSA) is 76.0 Å². The van der Waals surface area contributed by atoms with Crippen molar-refractivity contribution in [3.8, 4) is 11.5 Å². The van der Waals surface area contributed by atoms with Gasteiger partial charge in [0.25, 0.3) is 0 Å². The van der Waals surface area contributed by atoms with Crippen LogP contribution in [-0.2, 0) is 4.74 Å². The second-order valence-corrected chi connectivity index (χ2v) is 4.49. The number of aliphatic hydroxyl groups is 1. The van der Waals surface area contributed by atoms with Gasteiger partial charge in [-0.3, -0.25) is 4.79 Å². The molecule has 0 spiro atoms. The van der Waals surface area contributed by atoms with E-state index in [-0.39, 0.29) is 23.9 Å². The maximum absolute atomic E-state index is 12.0. The Labute approximate surface area is 128 Å². The first-order chi connectivity index (χ1) is 10.6. The standard InChI is InChI=1S/C17H16O5/c1-21-11-22-13-8-6-12(7-9-13)16(19)10-17(20)14-4-2-3-5-15(14)18/h2-10,18-19H,11H2,1H3/b16-10-. The van der Waals surface area contributed by atoms with Gasteiger partial charge in [-0.15, -0.1) is 0 Å². The summed E-state index contributed by atoms with van der Waals surface area (Å²) in [6, 6.07) is 12.7. The zero-order valence-electron chi connectivity index (χ0n) is 12.0. The SMILES string of the molecule is COCOc1ccc(/C(O)=C/C(=O)c2ccccc2O)cc1. The summed E-state index contributed by atoms with van der Waals surface area (Å²) in [6.45, 7) is 0.132. The highest BCUT2D eigenvalue weighted by Crippen LogP contribution is 2.20. The molecule has 0 unspecified atom stereocenters. The van der Waals surface area contributed by atoms with E-state index >= 15 is 0 Å². The molecular weight excluding hydrogens is 284 g/mol. The third kappa shape index (κ3) is 3.86. The van der Waals surface area contributed by atoms with Crippen LogP contribution in [-0.4, -0.2) is 29.9 Å². The van der Waals surface area contributed by atoms with Gasteiger partial charge in [0.2, 0.25) is 0 Å². The molecular formula is C17H16O5. The molecule has 2 aromatic rings. The molecule has 0 saturated carbocycles. The van der Waals surface area contributed by atoms with E-state index in [1.165, 1.54) is 19.2 Å². The van der Waals surface area contributed by atoms with E-state index in [2.05, 4.69) is 0 Å². The number of hydrogen-bond donors (Lipinski definition) is 2. The van der Waals surface area contributed by atoms with E-state index in [0.29, 0.717) is 11.3 Å². The lowest BCUT2D eigenvalue weighted by Gasteiger charge is -2.06. The van der Waals surface area contributed by atoms with Gasteiger partial charge in [0.05, 0.1) is 5.56 Å².